The monoisotopic (exact) mass is 335 g/mol. The topological polar surface area (TPSA) is 20.3 Å². The first-order chi connectivity index (χ1) is 11.8. The van der Waals surface area contributed by atoms with Crippen LogP contribution in [-0.2, 0) is 4.79 Å². The molecule has 122 valence electrons. The van der Waals surface area contributed by atoms with Crippen molar-refractivity contribution in [2.45, 2.75) is 36.6 Å². The zero-order valence-electron chi connectivity index (χ0n) is 13.7. The first-order valence-corrected chi connectivity index (χ1v) is 9.47. The molecule has 2 aromatic rings. The van der Waals surface area contributed by atoms with Crippen LogP contribution in [0.3, 0.4) is 0 Å². The second kappa shape index (κ2) is 6.86. The van der Waals surface area contributed by atoms with Crippen LogP contribution < -0.4 is 0 Å². The maximum absolute atomic E-state index is 13.2. The lowest BCUT2D eigenvalue weighted by molar-refractivity contribution is -0.129. The van der Waals surface area contributed by atoms with Crippen molar-refractivity contribution in [3.63, 3.8) is 0 Å². The molecular weight excluding hydrogens is 314 g/mol. The highest BCUT2D eigenvalue weighted by Crippen LogP contribution is 2.42. The summed E-state index contributed by atoms with van der Waals surface area (Å²) in [5, 5.41) is 0. The Labute approximate surface area is 147 Å². The van der Waals surface area contributed by atoms with E-state index in [1.54, 1.807) is 11.8 Å². The fourth-order valence-corrected chi connectivity index (χ4v) is 4.83. The first kappa shape index (κ1) is 15.5. The van der Waals surface area contributed by atoms with Gasteiger partial charge in [-0.15, -0.1) is 0 Å². The van der Waals surface area contributed by atoms with Crippen molar-refractivity contribution >= 4 is 23.2 Å². The molecule has 1 atom stereocenters. The number of piperidine rings is 1. The normalized spacial score (nSPS) is 20.9. The Balaban J connectivity index is 1.77. The highest BCUT2D eigenvalue weighted by atomic mass is 32.2. The van der Waals surface area contributed by atoms with Crippen LogP contribution in [0, 0.1) is 0 Å². The van der Waals surface area contributed by atoms with Gasteiger partial charge in [0, 0.05) is 28.8 Å². The molecule has 2 nitrogen and oxygen atoms in total. The van der Waals surface area contributed by atoms with E-state index in [9.17, 15) is 4.79 Å². The largest absolute Gasteiger partial charge is 0.335 e. The van der Waals surface area contributed by atoms with E-state index in [1.165, 1.54) is 16.2 Å². The van der Waals surface area contributed by atoms with Gasteiger partial charge in [0.1, 0.15) is 0 Å². The van der Waals surface area contributed by atoms with E-state index in [0.717, 1.165) is 36.9 Å². The average molecular weight is 335 g/mol. The molecule has 0 saturated carbocycles. The van der Waals surface area contributed by atoms with Crippen molar-refractivity contribution in [2.24, 2.45) is 0 Å². The van der Waals surface area contributed by atoms with Crippen LogP contribution in [0.1, 0.15) is 31.2 Å². The molecule has 0 bridgehead atoms. The van der Waals surface area contributed by atoms with Crippen molar-refractivity contribution in [2.75, 3.05) is 6.54 Å². The van der Waals surface area contributed by atoms with Crippen LogP contribution in [0.15, 0.2) is 70.5 Å². The Morgan fingerprint density at radius 1 is 0.917 bits per heavy atom. The molecule has 2 heterocycles. The Kier molecular flexibility index (Phi) is 4.44. The summed E-state index contributed by atoms with van der Waals surface area (Å²) in [5.41, 5.74) is 1.95. The van der Waals surface area contributed by atoms with Gasteiger partial charge < -0.3 is 4.90 Å². The average Bonchev–Trinajstić information content (AvgIpc) is 2.64. The molecule has 4 rings (SSSR count). The van der Waals surface area contributed by atoms with Crippen molar-refractivity contribution in [1.82, 2.24) is 4.90 Å². The van der Waals surface area contributed by atoms with Crippen molar-refractivity contribution in [1.29, 1.82) is 0 Å². The fraction of sp³-hybridized carbons (Fsp3) is 0.286. The van der Waals surface area contributed by atoms with E-state index >= 15 is 0 Å². The van der Waals surface area contributed by atoms with Gasteiger partial charge in [0.05, 0.1) is 5.57 Å². The van der Waals surface area contributed by atoms with Gasteiger partial charge in [0.15, 0.2) is 0 Å². The van der Waals surface area contributed by atoms with E-state index in [1.807, 2.05) is 24.3 Å². The van der Waals surface area contributed by atoms with E-state index in [0.29, 0.717) is 6.04 Å². The van der Waals surface area contributed by atoms with E-state index in [2.05, 4.69) is 41.3 Å². The Morgan fingerprint density at radius 2 is 1.62 bits per heavy atom. The van der Waals surface area contributed by atoms with Gasteiger partial charge in [0.2, 0.25) is 0 Å². The molecule has 2 aliphatic heterocycles. The molecule has 0 aromatic heterocycles. The van der Waals surface area contributed by atoms with Crippen LogP contribution in [0.4, 0.5) is 0 Å². The Morgan fingerprint density at radius 3 is 2.38 bits per heavy atom. The number of hydrogen-bond donors (Lipinski definition) is 0. The molecule has 1 amide bonds. The molecule has 0 radical (unpaired) electrons. The van der Waals surface area contributed by atoms with Crippen LogP contribution >= 0.6 is 11.8 Å². The maximum Gasteiger partial charge on any atom is 0.255 e. The number of amides is 1. The number of carbonyl (C=O) groups excluding carboxylic acids is 1. The smallest absolute Gasteiger partial charge is 0.255 e. The van der Waals surface area contributed by atoms with Crippen LogP contribution in [0.2, 0.25) is 0 Å². The van der Waals surface area contributed by atoms with Gasteiger partial charge in [-0.05, 0) is 37.0 Å². The van der Waals surface area contributed by atoms with Crippen LogP contribution in [-0.4, -0.2) is 23.4 Å². The summed E-state index contributed by atoms with van der Waals surface area (Å²) in [6.45, 7) is 0.906. The summed E-state index contributed by atoms with van der Waals surface area (Å²) < 4.78 is 0. The lowest BCUT2D eigenvalue weighted by atomic mass is 9.90. The van der Waals surface area contributed by atoms with Crippen LogP contribution in [0.25, 0.3) is 5.57 Å². The summed E-state index contributed by atoms with van der Waals surface area (Å²) in [4.78, 5) is 17.8. The minimum absolute atomic E-state index is 0.218. The maximum atomic E-state index is 13.2. The molecule has 2 aliphatic rings. The molecule has 2 aromatic carbocycles. The van der Waals surface area contributed by atoms with E-state index in [4.69, 9.17) is 0 Å². The summed E-state index contributed by atoms with van der Waals surface area (Å²) in [7, 11) is 0. The Hall–Kier alpha value is -2.00. The quantitative estimate of drug-likeness (QED) is 0.789. The van der Waals surface area contributed by atoms with Gasteiger partial charge in [0.25, 0.3) is 5.91 Å². The van der Waals surface area contributed by atoms with E-state index in [-0.39, 0.29) is 5.91 Å². The predicted molar refractivity (Wildman–Crippen MR) is 99.6 cm³/mol. The molecule has 1 unspecified atom stereocenters. The molecule has 0 aliphatic carbocycles. The number of rotatable bonds is 3. The summed E-state index contributed by atoms with van der Waals surface area (Å²) in [5.74, 6) is 0.218. The third-order valence-electron chi connectivity index (χ3n) is 4.85. The lowest BCUT2D eigenvalue weighted by Crippen LogP contribution is -2.46. The number of benzene rings is 2. The van der Waals surface area contributed by atoms with Crippen molar-refractivity contribution < 1.29 is 4.79 Å². The van der Waals surface area contributed by atoms with Crippen molar-refractivity contribution in [3.05, 3.63) is 71.1 Å². The SMILES string of the molecule is O=C1C(c2ccccc2)=C(Sc2ccccc2)CC2CCCCN12. The van der Waals surface area contributed by atoms with Gasteiger partial charge in [-0.2, -0.15) is 0 Å². The first-order valence-electron chi connectivity index (χ1n) is 8.65. The van der Waals surface area contributed by atoms with Crippen LogP contribution in [0.5, 0.6) is 0 Å². The molecule has 24 heavy (non-hydrogen) atoms. The predicted octanol–water partition coefficient (Wildman–Crippen LogP) is 4.97. The zero-order valence-corrected chi connectivity index (χ0v) is 14.5. The minimum Gasteiger partial charge on any atom is -0.335 e. The molecule has 3 heteroatoms. The van der Waals surface area contributed by atoms with Gasteiger partial charge in [-0.25, -0.2) is 0 Å². The Bertz CT molecular complexity index is 754. The highest BCUT2D eigenvalue weighted by Gasteiger charge is 2.36. The number of carbonyl (C=O) groups is 1. The van der Waals surface area contributed by atoms with Crippen molar-refractivity contribution in [3.8, 4) is 0 Å². The van der Waals surface area contributed by atoms with Gasteiger partial charge in [-0.1, -0.05) is 60.3 Å². The molecular formula is C21H21NOS. The second-order valence-corrected chi connectivity index (χ2v) is 7.60. The lowest BCUT2D eigenvalue weighted by Gasteiger charge is -2.41. The number of hydrogen-bond acceptors (Lipinski definition) is 2. The summed E-state index contributed by atoms with van der Waals surface area (Å²) in [6.07, 6.45) is 4.48. The van der Waals surface area contributed by atoms with E-state index < -0.39 is 0 Å². The number of nitrogens with zero attached hydrogens (tertiary/aromatic N) is 1. The van der Waals surface area contributed by atoms with Gasteiger partial charge in [-0.3, -0.25) is 4.79 Å². The minimum atomic E-state index is 0.218. The summed E-state index contributed by atoms with van der Waals surface area (Å²) in [6, 6.07) is 20.9. The second-order valence-electron chi connectivity index (χ2n) is 6.43. The molecule has 1 saturated heterocycles. The zero-order chi connectivity index (χ0) is 16.4. The third kappa shape index (κ3) is 3.01. The standard InChI is InChI=1S/C21H21NOS/c23-21-20(16-9-3-1-4-10-16)19(24-18-12-5-2-6-13-18)15-17-11-7-8-14-22(17)21/h1-6,9-10,12-13,17H,7-8,11,14-15H2. The third-order valence-corrected chi connectivity index (χ3v) is 5.97. The number of fused-ring (bicyclic) bond motifs is 1. The fourth-order valence-electron chi connectivity index (χ4n) is 3.67. The van der Waals surface area contributed by atoms with Gasteiger partial charge >= 0.3 is 0 Å². The highest BCUT2D eigenvalue weighted by molar-refractivity contribution is 8.03. The molecule has 1 fully saturated rings. The number of thioether (sulfide) groups is 1. The summed E-state index contributed by atoms with van der Waals surface area (Å²) >= 11 is 1.76. The molecule has 0 spiro atoms. The molecule has 0 N–H and O–H groups in total.